The topological polar surface area (TPSA) is 47.6 Å². The molecule has 0 aliphatic rings. The highest BCUT2D eigenvalue weighted by Crippen LogP contribution is 2.29. The van der Waals surface area contributed by atoms with Crippen LogP contribution in [-0.2, 0) is 0 Å². The fourth-order valence-electron chi connectivity index (χ4n) is 1.74. The van der Waals surface area contributed by atoms with Crippen LogP contribution in [0.15, 0.2) is 36.4 Å². The molecule has 2 aromatic rings. The second-order valence-electron chi connectivity index (χ2n) is 4.15. The van der Waals surface area contributed by atoms with Crippen molar-refractivity contribution in [2.45, 2.75) is 0 Å². The molecule has 0 aromatic heterocycles. The number of hydrogen-bond acceptors (Lipinski definition) is 3. The number of carbonyl (C=O) groups is 1. The summed E-state index contributed by atoms with van der Waals surface area (Å²) in [5, 5.41) is 2.56. The lowest BCUT2D eigenvalue weighted by molar-refractivity contribution is 0.102. The van der Waals surface area contributed by atoms with Gasteiger partial charge in [0.05, 0.1) is 24.9 Å². The Hall–Kier alpha value is -2.27. The molecule has 110 valence electrons. The third-order valence-corrected chi connectivity index (χ3v) is 3.13. The zero-order valence-electron chi connectivity index (χ0n) is 11.4. The molecular formula is C15H13ClFNO3. The summed E-state index contributed by atoms with van der Waals surface area (Å²) in [6.07, 6.45) is 0. The van der Waals surface area contributed by atoms with Crippen molar-refractivity contribution in [1.29, 1.82) is 0 Å². The molecule has 0 saturated heterocycles. The summed E-state index contributed by atoms with van der Waals surface area (Å²) in [5.41, 5.74) is 0.688. The smallest absolute Gasteiger partial charge is 0.255 e. The van der Waals surface area contributed by atoms with Crippen LogP contribution in [0.5, 0.6) is 11.5 Å². The largest absolute Gasteiger partial charge is 0.497 e. The van der Waals surface area contributed by atoms with Gasteiger partial charge >= 0.3 is 0 Å². The number of methoxy groups -OCH3 is 2. The molecule has 0 fully saturated rings. The number of halogens is 2. The number of benzene rings is 2. The van der Waals surface area contributed by atoms with E-state index in [1.54, 1.807) is 18.2 Å². The van der Waals surface area contributed by atoms with Gasteiger partial charge in [-0.1, -0.05) is 11.6 Å². The van der Waals surface area contributed by atoms with Gasteiger partial charge in [0.2, 0.25) is 0 Å². The van der Waals surface area contributed by atoms with Gasteiger partial charge in [0, 0.05) is 11.6 Å². The van der Waals surface area contributed by atoms with E-state index in [4.69, 9.17) is 21.1 Å². The van der Waals surface area contributed by atoms with Crippen molar-refractivity contribution in [3.8, 4) is 11.5 Å². The van der Waals surface area contributed by atoms with E-state index in [-0.39, 0.29) is 10.6 Å². The summed E-state index contributed by atoms with van der Waals surface area (Å²) in [4.78, 5) is 12.2. The van der Waals surface area contributed by atoms with Crippen molar-refractivity contribution in [2.75, 3.05) is 19.5 Å². The lowest BCUT2D eigenvalue weighted by Crippen LogP contribution is -2.13. The quantitative estimate of drug-likeness (QED) is 0.935. The van der Waals surface area contributed by atoms with Crippen LogP contribution in [0.1, 0.15) is 10.4 Å². The molecule has 0 aliphatic heterocycles. The molecule has 0 atom stereocenters. The van der Waals surface area contributed by atoms with E-state index >= 15 is 0 Å². The van der Waals surface area contributed by atoms with Crippen molar-refractivity contribution in [2.24, 2.45) is 0 Å². The van der Waals surface area contributed by atoms with E-state index in [1.165, 1.54) is 26.4 Å². The fourth-order valence-corrected chi connectivity index (χ4v) is 1.92. The summed E-state index contributed by atoms with van der Waals surface area (Å²) < 4.78 is 23.4. The maximum Gasteiger partial charge on any atom is 0.255 e. The molecule has 6 heteroatoms. The lowest BCUT2D eigenvalue weighted by atomic mass is 10.2. The number of rotatable bonds is 4. The maximum atomic E-state index is 13.1. The predicted octanol–water partition coefficient (Wildman–Crippen LogP) is 3.75. The van der Waals surface area contributed by atoms with Crippen LogP contribution in [0.25, 0.3) is 0 Å². The number of ether oxygens (including phenoxy) is 2. The Morgan fingerprint density at radius 1 is 1.14 bits per heavy atom. The van der Waals surface area contributed by atoms with Crippen LogP contribution in [0, 0.1) is 5.82 Å². The van der Waals surface area contributed by atoms with E-state index in [0.29, 0.717) is 17.2 Å². The van der Waals surface area contributed by atoms with E-state index in [2.05, 4.69) is 5.32 Å². The predicted molar refractivity (Wildman–Crippen MR) is 78.9 cm³/mol. The van der Waals surface area contributed by atoms with E-state index in [1.807, 2.05) is 0 Å². The summed E-state index contributed by atoms with van der Waals surface area (Å²) in [5.74, 6) is 0.0521. The Morgan fingerprint density at radius 3 is 2.52 bits per heavy atom. The average molecular weight is 310 g/mol. The van der Waals surface area contributed by atoms with Crippen LogP contribution in [-0.4, -0.2) is 20.1 Å². The first-order valence-corrected chi connectivity index (χ1v) is 6.41. The van der Waals surface area contributed by atoms with Gasteiger partial charge in [-0.05, 0) is 30.3 Å². The molecule has 1 amide bonds. The standard InChI is InChI=1S/C15H13ClFNO3/c1-20-10-4-6-14(21-2)13(8-10)18-15(19)9-3-5-12(17)11(16)7-9/h3-8H,1-2H3,(H,18,19). The van der Waals surface area contributed by atoms with E-state index in [9.17, 15) is 9.18 Å². The molecule has 0 saturated carbocycles. The van der Waals surface area contributed by atoms with Crippen LogP contribution in [0.2, 0.25) is 5.02 Å². The Kier molecular flexibility index (Phi) is 4.65. The summed E-state index contributed by atoms with van der Waals surface area (Å²) in [7, 11) is 3.01. The Morgan fingerprint density at radius 2 is 1.90 bits per heavy atom. The maximum absolute atomic E-state index is 13.1. The molecule has 0 heterocycles. The zero-order valence-corrected chi connectivity index (χ0v) is 12.2. The molecule has 21 heavy (non-hydrogen) atoms. The number of hydrogen-bond donors (Lipinski definition) is 1. The first-order chi connectivity index (χ1) is 10.0. The van der Waals surface area contributed by atoms with Gasteiger partial charge in [-0.25, -0.2) is 4.39 Å². The van der Waals surface area contributed by atoms with Gasteiger partial charge in [-0.2, -0.15) is 0 Å². The van der Waals surface area contributed by atoms with Gasteiger partial charge in [-0.15, -0.1) is 0 Å². The van der Waals surface area contributed by atoms with Crippen molar-refractivity contribution < 1.29 is 18.7 Å². The molecule has 0 unspecified atom stereocenters. The molecule has 0 aliphatic carbocycles. The third kappa shape index (κ3) is 3.44. The third-order valence-electron chi connectivity index (χ3n) is 2.84. The summed E-state index contributed by atoms with van der Waals surface area (Å²) in [6, 6.07) is 8.76. The van der Waals surface area contributed by atoms with Crippen LogP contribution < -0.4 is 14.8 Å². The summed E-state index contributed by atoms with van der Waals surface area (Å²) in [6.45, 7) is 0. The minimum atomic E-state index is -0.577. The summed E-state index contributed by atoms with van der Waals surface area (Å²) >= 11 is 5.67. The second kappa shape index (κ2) is 6.45. The van der Waals surface area contributed by atoms with Crippen molar-refractivity contribution in [3.05, 3.63) is 52.8 Å². The molecule has 4 nitrogen and oxygen atoms in total. The number of anilines is 1. The Labute approximate surface area is 126 Å². The minimum Gasteiger partial charge on any atom is -0.497 e. The number of amides is 1. The van der Waals surface area contributed by atoms with Gasteiger partial charge < -0.3 is 14.8 Å². The molecule has 2 aromatic carbocycles. The van der Waals surface area contributed by atoms with E-state index in [0.717, 1.165) is 6.07 Å². The van der Waals surface area contributed by atoms with E-state index < -0.39 is 11.7 Å². The zero-order chi connectivity index (χ0) is 15.4. The Balaban J connectivity index is 2.28. The molecule has 2 rings (SSSR count). The van der Waals surface area contributed by atoms with Gasteiger partial charge in [0.15, 0.2) is 0 Å². The van der Waals surface area contributed by atoms with Crippen molar-refractivity contribution >= 4 is 23.2 Å². The molecule has 1 N–H and O–H groups in total. The fraction of sp³-hybridized carbons (Fsp3) is 0.133. The highest BCUT2D eigenvalue weighted by molar-refractivity contribution is 6.31. The van der Waals surface area contributed by atoms with Crippen molar-refractivity contribution in [1.82, 2.24) is 0 Å². The van der Waals surface area contributed by atoms with Crippen LogP contribution >= 0.6 is 11.6 Å². The minimum absolute atomic E-state index is 0.111. The van der Waals surface area contributed by atoms with Gasteiger partial charge in [-0.3, -0.25) is 4.79 Å². The van der Waals surface area contributed by atoms with Crippen LogP contribution in [0.3, 0.4) is 0 Å². The molecule has 0 spiro atoms. The monoisotopic (exact) mass is 309 g/mol. The first-order valence-electron chi connectivity index (χ1n) is 6.03. The van der Waals surface area contributed by atoms with Crippen molar-refractivity contribution in [3.63, 3.8) is 0 Å². The Bertz CT molecular complexity index is 676. The molecular weight excluding hydrogens is 297 g/mol. The SMILES string of the molecule is COc1ccc(OC)c(NC(=O)c2ccc(F)c(Cl)c2)c1. The number of carbonyl (C=O) groups excluding carboxylic acids is 1. The highest BCUT2D eigenvalue weighted by Gasteiger charge is 2.12. The van der Waals surface area contributed by atoms with Crippen LogP contribution in [0.4, 0.5) is 10.1 Å². The van der Waals surface area contributed by atoms with Gasteiger partial charge in [0.25, 0.3) is 5.91 Å². The normalized spacial score (nSPS) is 10.1. The second-order valence-corrected chi connectivity index (χ2v) is 4.56. The van der Waals surface area contributed by atoms with Gasteiger partial charge in [0.1, 0.15) is 17.3 Å². The number of nitrogens with one attached hydrogen (secondary N) is 1. The first kappa shape index (κ1) is 15.1. The molecule has 0 radical (unpaired) electrons. The lowest BCUT2D eigenvalue weighted by Gasteiger charge is -2.12. The molecule has 0 bridgehead atoms. The highest BCUT2D eigenvalue weighted by atomic mass is 35.5. The average Bonchev–Trinajstić information content (AvgIpc) is 2.49.